The number of urea groups is 1. The van der Waals surface area contributed by atoms with Gasteiger partial charge in [0, 0.05) is 19.8 Å². The quantitative estimate of drug-likeness (QED) is 0.277. The zero-order valence-electron chi connectivity index (χ0n) is 14.5. The van der Waals surface area contributed by atoms with Gasteiger partial charge in [-0.15, -0.1) is 0 Å². The second-order valence-corrected chi connectivity index (χ2v) is 6.05. The molecule has 2 heterocycles. The van der Waals surface area contributed by atoms with Gasteiger partial charge in [0.2, 0.25) is 0 Å². The summed E-state index contributed by atoms with van der Waals surface area (Å²) >= 11 is 5.24. The molecule has 0 bridgehead atoms. The Morgan fingerprint density at radius 2 is 1.85 bits per heavy atom. The Morgan fingerprint density at radius 3 is 2.23 bits per heavy atom. The van der Waals surface area contributed by atoms with Crippen LogP contribution in [-0.2, 0) is 10.3 Å². The number of hydrogen-bond acceptors (Lipinski definition) is 6. The van der Waals surface area contributed by atoms with Crippen LogP contribution < -0.4 is 22.5 Å². The molecule has 1 aliphatic rings. The zero-order valence-corrected chi connectivity index (χ0v) is 15.3. The minimum absolute atomic E-state index is 0.0197. The van der Waals surface area contributed by atoms with Crippen molar-refractivity contribution in [3.63, 3.8) is 0 Å². The van der Waals surface area contributed by atoms with E-state index in [1.54, 1.807) is 0 Å². The summed E-state index contributed by atoms with van der Waals surface area (Å²) < 4.78 is 0.573. The molecule has 1 aliphatic heterocycles. The summed E-state index contributed by atoms with van der Waals surface area (Å²) in [7, 11) is 2.93. The Kier molecular flexibility index (Phi) is 4.60. The van der Waals surface area contributed by atoms with Crippen molar-refractivity contribution in [1.82, 2.24) is 25.0 Å². The number of hydrogen-bond donors (Lipinski definition) is 4. The normalized spacial score (nSPS) is 20.7. The topological polar surface area (TPSA) is 172 Å². The SMILES string of the molecule is C/C(=N/NC(N)=O)C1(c2c(C)[nH]n(C(N)=O)c2=O)C(=O)N(C)C(=S)N1C. The second kappa shape index (κ2) is 6.25. The number of nitrogens with one attached hydrogen (secondary N) is 2. The Hall–Kier alpha value is -3.22. The number of likely N-dealkylation sites (N-methyl/N-ethyl adjacent to an activating group) is 2. The number of amides is 4. The van der Waals surface area contributed by atoms with E-state index in [0.717, 1.165) is 0 Å². The number of carbonyl (C=O) groups excluding carboxylic acids is 3. The molecule has 13 heteroatoms. The maximum Gasteiger partial charge on any atom is 0.341 e. The minimum Gasteiger partial charge on any atom is -0.350 e. The van der Waals surface area contributed by atoms with Crippen LogP contribution in [0.2, 0.25) is 0 Å². The molecule has 1 aromatic rings. The van der Waals surface area contributed by atoms with Crippen molar-refractivity contribution in [3.8, 4) is 0 Å². The molecule has 2 rings (SSSR count). The first kappa shape index (κ1) is 19.1. The standard InChI is InChI=1S/C13H18N8O4S/c1-5-7(8(22)21(18-5)11(15)25)13(6(2)16-17-10(14)24)9(23)19(3)12(26)20(13)4/h18H,1-4H3,(H2,15,25)(H3,14,17,24)/b16-6-. The molecule has 1 saturated heterocycles. The number of aromatic nitrogens is 2. The van der Waals surface area contributed by atoms with Gasteiger partial charge in [-0.2, -0.15) is 9.78 Å². The fourth-order valence-electron chi connectivity index (χ4n) is 3.04. The Morgan fingerprint density at radius 1 is 1.27 bits per heavy atom. The lowest BCUT2D eigenvalue weighted by molar-refractivity contribution is -0.129. The van der Waals surface area contributed by atoms with Gasteiger partial charge in [0.05, 0.1) is 11.3 Å². The first-order valence-electron chi connectivity index (χ1n) is 7.25. The predicted molar refractivity (Wildman–Crippen MR) is 95.4 cm³/mol. The van der Waals surface area contributed by atoms with Crippen LogP contribution in [0, 0.1) is 6.92 Å². The molecule has 0 spiro atoms. The largest absolute Gasteiger partial charge is 0.350 e. The number of nitrogens with two attached hydrogens (primary N) is 2. The Bertz CT molecular complexity index is 916. The third kappa shape index (κ3) is 2.44. The van der Waals surface area contributed by atoms with Crippen molar-refractivity contribution >= 4 is 41.0 Å². The van der Waals surface area contributed by atoms with Crippen LogP contribution in [-0.4, -0.2) is 62.5 Å². The number of thiocarbonyl (C=S) groups is 1. The van der Waals surface area contributed by atoms with Gasteiger partial charge in [0.15, 0.2) is 10.7 Å². The molecule has 6 N–H and O–H groups in total. The smallest absolute Gasteiger partial charge is 0.341 e. The van der Waals surface area contributed by atoms with Gasteiger partial charge in [-0.05, 0) is 26.1 Å². The summed E-state index contributed by atoms with van der Waals surface area (Å²) in [5.74, 6) is -0.589. The number of aryl methyl sites for hydroxylation is 1. The van der Waals surface area contributed by atoms with Gasteiger partial charge in [0.1, 0.15) is 0 Å². The molecule has 4 amide bonds. The van der Waals surface area contributed by atoms with Gasteiger partial charge < -0.3 is 16.4 Å². The molecule has 1 fully saturated rings. The van der Waals surface area contributed by atoms with Crippen LogP contribution in [0.5, 0.6) is 0 Å². The fourth-order valence-corrected chi connectivity index (χ4v) is 3.26. The highest BCUT2D eigenvalue weighted by Crippen LogP contribution is 2.37. The number of H-pyrrole nitrogens is 1. The van der Waals surface area contributed by atoms with E-state index in [1.165, 1.54) is 37.7 Å². The summed E-state index contributed by atoms with van der Waals surface area (Å²) in [6.07, 6.45) is 0. The van der Waals surface area contributed by atoms with E-state index in [1.807, 2.05) is 5.43 Å². The molecule has 140 valence electrons. The van der Waals surface area contributed by atoms with Gasteiger partial charge >= 0.3 is 12.1 Å². The van der Waals surface area contributed by atoms with Crippen LogP contribution in [0.25, 0.3) is 0 Å². The average Bonchev–Trinajstić information content (AvgIpc) is 2.94. The molecule has 0 saturated carbocycles. The molecule has 0 aliphatic carbocycles. The molecule has 26 heavy (non-hydrogen) atoms. The minimum atomic E-state index is -1.79. The van der Waals surface area contributed by atoms with Gasteiger partial charge in [-0.1, -0.05) is 0 Å². The maximum atomic E-state index is 13.1. The van der Waals surface area contributed by atoms with E-state index >= 15 is 0 Å². The fraction of sp³-hybridized carbons (Fsp3) is 0.385. The molecule has 1 unspecified atom stereocenters. The third-order valence-corrected chi connectivity index (χ3v) is 4.75. The predicted octanol–water partition coefficient (Wildman–Crippen LogP) is -1.66. The molecule has 0 radical (unpaired) electrons. The van der Waals surface area contributed by atoms with E-state index in [4.69, 9.17) is 23.7 Å². The maximum absolute atomic E-state index is 13.1. The van der Waals surface area contributed by atoms with Gasteiger partial charge in [0.25, 0.3) is 11.5 Å². The second-order valence-electron chi connectivity index (χ2n) is 5.68. The molecule has 0 aromatic carbocycles. The van der Waals surface area contributed by atoms with Crippen LogP contribution in [0.3, 0.4) is 0 Å². The Labute approximate surface area is 152 Å². The third-order valence-electron chi connectivity index (χ3n) is 4.20. The summed E-state index contributed by atoms with van der Waals surface area (Å²) in [4.78, 5) is 50.9. The highest BCUT2D eigenvalue weighted by atomic mass is 32.1. The number of nitrogens with zero attached hydrogens (tertiary/aromatic N) is 4. The van der Waals surface area contributed by atoms with Crippen molar-refractivity contribution in [3.05, 3.63) is 21.6 Å². The first-order valence-corrected chi connectivity index (χ1v) is 7.66. The zero-order chi connectivity index (χ0) is 20.0. The van der Waals surface area contributed by atoms with Gasteiger partial charge in [-0.25, -0.2) is 15.0 Å². The Balaban J connectivity index is 2.89. The van der Waals surface area contributed by atoms with Gasteiger partial charge in [-0.3, -0.25) is 19.6 Å². The summed E-state index contributed by atoms with van der Waals surface area (Å²) in [5, 5.41) is 6.47. The van der Waals surface area contributed by atoms with E-state index in [-0.39, 0.29) is 22.1 Å². The average molecular weight is 382 g/mol. The molecular formula is C13H18N8O4S. The van der Waals surface area contributed by atoms with Crippen molar-refractivity contribution in [2.45, 2.75) is 19.4 Å². The number of hydrazone groups is 1. The number of rotatable bonds is 3. The molecule has 1 atom stereocenters. The van der Waals surface area contributed by atoms with E-state index in [0.29, 0.717) is 4.68 Å². The van der Waals surface area contributed by atoms with E-state index in [2.05, 4.69) is 10.2 Å². The number of carbonyl (C=O) groups is 3. The van der Waals surface area contributed by atoms with Crippen molar-refractivity contribution in [2.75, 3.05) is 14.1 Å². The summed E-state index contributed by atoms with van der Waals surface area (Å²) in [6.45, 7) is 2.92. The molecular weight excluding hydrogens is 364 g/mol. The van der Waals surface area contributed by atoms with Crippen molar-refractivity contribution in [1.29, 1.82) is 0 Å². The first-order chi connectivity index (χ1) is 12.0. The number of primary amides is 2. The van der Waals surface area contributed by atoms with Crippen molar-refractivity contribution < 1.29 is 14.4 Å². The van der Waals surface area contributed by atoms with Crippen LogP contribution in [0.15, 0.2) is 9.90 Å². The molecule has 12 nitrogen and oxygen atoms in total. The van der Waals surface area contributed by atoms with E-state index < -0.39 is 29.1 Å². The lowest BCUT2D eigenvalue weighted by Gasteiger charge is -2.32. The monoisotopic (exact) mass is 382 g/mol. The lowest BCUT2D eigenvalue weighted by atomic mass is 9.84. The molecule has 1 aromatic heterocycles. The van der Waals surface area contributed by atoms with Crippen LogP contribution >= 0.6 is 12.2 Å². The van der Waals surface area contributed by atoms with E-state index in [9.17, 15) is 19.2 Å². The summed E-state index contributed by atoms with van der Waals surface area (Å²) in [5.41, 5.74) is 9.76. The lowest BCUT2D eigenvalue weighted by Crippen LogP contribution is -2.54. The number of aromatic amines is 1. The highest BCUT2D eigenvalue weighted by molar-refractivity contribution is 7.80. The van der Waals surface area contributed by atoms with Crippen LogP contribution in [0.4, 0.5) is 9.59 Å². The highest BCUT2D eigenvalue weighted by Gasteiger charge is 2.59. The van der Waals surface area contributed by atoms with Crippen LogP contribution in [0.1, 0.15) is 18.2 Å². The van der Waals surface area contributed by atoms with Crippen molar-refractivity contribution in [2.24, 2.45) is 16.6 Å². The summed E-state index contributed by atoms with van der Waals surface area (Å²) in [6, 6.07) is -2.00.